The number of anilines is 1. The molecule has 2 aromatic carbocycles. The third kappa shape index (κ3) is 3.05. The Hall–Kier alpha value is -2.14. The molecular formula is C15H13BrN4. The molecule has 1 aromatic heterocycles. The van der Waals surface area contributed by atoms with Gasteiger partial charge in [-0.15, -0.1) is 0 Å². The van der Waals surface area contributed by atoms with Crippen LogP contribution in [-0.2, 0) is 6.54 Å². The lowest BCUT2D eigenvalue weighted by atomic mass is 10.3. The number of halogens is 1. The van der Waals surface area contributed by atoms with Crippen molar-refractivity contribution in [2.24, 2.45) is 0 Å². The summed E-state index contributed by atoms with van der Waals surface area (Å²) in [6.07, 6.45) is 1.78. The molecule has 0 aliphatic carbocycles. The molecule has 0 saturated carbocycles. The molecule has 0 aliphatic rings. The van der Waals surface area contributed by atoms with Crippen molar-refractivity contribution in [3.05, 3.63) is 71.0 Å². The van der Waals surface area contributed by atoms with Crippen LogP contribution in [0.4, 0.5) is 5.69 Å². The molecule has 20 heavy (non-hydrogen) atoms. The lowest BCUT2D eigenvalue weighted by Gasteiger charge is -2.04. The second-order valence-corrected chi connectivity index (χ2v) is 5.24. The van der Waals surface area contributed by atoms with Gasteiger partial charge in [-0.3, -0.25) is 0 Å². The Balaban J connectivity index is 1.69. The average Bonchev–Trinajstić information content (AvgIpc) is 2.95. The van der Waals surface area contributed by atoms with E-state index in [-0.39, 0.29) is 0 Å². The molecule has 0 saturated heterocycles. The summed E-state index contributed by atoms with van der Waals surface area (Å²) in [6, 6.07) is 17.9. The van der Waals surface area contributed by atoms with Gasteiger partial charge in [0.25, 0.3) is 0 Å². The number of para-hydroxylation sites is 1. The monoisotopic (exact) mass is 328 g/mol. The first-order valence-electron chi connectivity index (χ1n) is 6.27. The van der Waals surface area contributed by atoms with Crippen molar-refractivity contribution in [3.8, 4) is 5.69 Å². The molecular weight excluding hydrogens is 316 g/mol. The number of nitrogens with one attached hydrogen (secondary N) is 1. The van der Waals surface area contributed by atoms with Gasteiger partial charge in [0.2, 0.25) is 0 Å². The van der Waals surface area contributed by atoms with Crippen molar-refractivity contribution in [1.82, 2.24) is 15.0 Å². The summed E-state index contributed by atoms with van der Waals surface area (Å²) in [6.45, 7) is 0.642. The minimum atomic E-state index is 0.642. The highest BCUT2D eigenvalue weighted by molar-refractivity contribution is 9.10. The SMILES string of the molecule is Brc1cccc(NCc2cnn(-c3ccccc3)n2)c1. The topological polar surface area (TPSA) is 42.7 Å². The standard InChI is InChI=1S/C15H13BrN4/c16-12-5-4-6-13(9-12)17-10-14-11-18-20(19-14)15-7-2-1-3-8-15/h1-9,11,17H,10H2. The number of hydrogen-bond donors (Lipinski definition) is 1. The van der Waals surface area contributed by atoms with E-state index in [1.807, 2.05) is 54.6 Å². The van der Waals surface area contributed by atoms with Gasteiger partial charge in [-0.1, -0.05) is 40.2 Å². The van der Waals surface area contributed by atoms with Crippen molar-refractivity contribution in [2.45, 2.75) is 6.54 Å². The van der Waals surface area contributed by atoms with Crippen molar-refractivity contribution in [3.63, 3.8) is 0 Å². The van der Waals surface area contributed by atoms with E-state index in [4.69, 9.17) is 0 Å². The lowest BCUT2D eigenvalue weighted by molar-refractivity contribution is 0.740. The molecule has 3 rings (SSSR count). The van der Waals surface area contributed by atoms with Crippen molar-refractivity contribution < 1.29 is 0 Å². The van der Waals surface area contributed by atoms with E-state index in [1.54, 1.807) is 11.0 Å². The third-order valence-corrected chi connectivity index (χ3v) is 3.32. The average molecular weight is 329 g/mol. The molecule has 100 valence electrons. The highest BCUT2D eigenvalue weighted by Crippen LogP contribution is 2.16. The Bertz CT molecular complexity index is 694. The second-order valence-electron chi connectivity index (χ2n) is 4.32. The Morgan fingerprint density at radius 3 is 2.70 bits per heavy atom. The maximum atomic E-state index is 4.45. The molecule has 3 aromatic rings. The summed E-state index contributed by atoms with van der Waals surface area (Å²) >= 11 is 3.45. The van der Waals surface area contributed by atoms with E-state index in [0.29, 0.717) is 6.54 Å². The fourth-order valence-electron chi connectivity index (χ4n) is 1.85. The first kappa shape index (κ1) is 12.9. The van der Waals surface area contributed by atoms with Crippen LogP contribution in [0, 0.1) is 0 Å². The zero-order chi connectivity index (χ0) is 13.8. The summed E-state index contributed by atoms with van der Waals surface area (Å²) in [4.78, 5) is 1.64. The van der Waals surface area contributed by atoms with Crippen molar-refractivity contribution in [2.75, 3.05) is 5.32 Å². The van der Waals surface area contributed by atoms with Gasteiger partial charge in [-0.05, 0) is 30.3 Å². The quantitative estimate of drug-likeness (QED) is 0.795. The first-order valence-corrected chi connectivity index (χ1v) is 7.07. The van der Waals surface area contributed by atoms with E-state index < -0.39 is 0 Å². The largest absolute Gasteiger partial charge is 0.379 e. The van der Waals surface area contributed by atoms with Crippen LogP contribution in [0.15, 0.2) is 65.3 Å². The van der Waals surface area contributed by atoms with Crippen molar-refractivity contribution >= 4 is 21.6 Å². The molecule has 0 aliphatic heterocycles. The van der Waals surface area contributed by atoms with Gasteiger partial charge in [0.15, 0.2) is 0 Å². The maximum absolute atomic E-state index is 4.45. The molecule has 0 spiro atoms. The summed E-state index contributed by atoms with van der Waals surface area (Å²) in [5.74, 6) is 0. The van der Waals surface area contributed by atoms with Crippen LogP contribution in [0.1, 0.15) is 5.69 Å². The lowest BCUT2D eigenvalue weighted by Crippen LogP contribution is -2.02. The van der Waals surface area contributed by atoms with Crippen LogP contribution in [-0.4, -0.2) is 15.0 Å². The predicted molar refractivity (Wildman–Crippen MR) is 82.8 cm³/mol. The highest BCUT2D eigenvalue weighted by atomic mass is 79.9. The number of benzene rings is 2. The third-order valence-electron chi connectivity index (χ3n) is 2.82. The zero-order valence-electron chi connectivity index (χ0n) is 10.7. The van der Waals surface area contributed by atoms with Gasteiger partial charge < -0.3 is 5.32 Å². The van der Waals surface area contributed by atoms with E-state index in [0.717, 1.165) is 21.5 Å². The molecule has 0 radical (unpaired) electrons. The molecule has 5 heteroatoms. The number of hydrogen-bond acceptors (Lipinski definition) is 3. The van der Waals surface area contributed by atoms with Crippen LogP contribution in [0.25, 0.3) is 5.69 Å². The van der Waals surface area contributed by atoms with Crippen LogP contribution in [0.3, 0.4) is 0 Å². The number of rotatable bonds is 4. The molecule has 0 atom stereocenters. The molecule has 1 N–H and O–H groups in total. The summed E-state index contributed by atoms with van der Waals surface area (Å²) < 4.78 is 1.05. The molecule has 0 fully saturated rings. The van der Waals surface area contributed by atoms with Crippen LogP contribution < -0.4 is 5.32 Å². The smallest absolute Gasteiger partial charge is 0.102 e. The fourth-order valence-corrected chi connectivity index (χ4v) is 2.25. The van der Waals surface area contributed by atoms with Crippen LogP contribution >= 0.6 is 15.9 Å². The fraction of sp³-hybridized carbons (Fsp3) is 0.0667. The highest BCUT2D eigenvalue weighted by Gasteiger charge is 2.02. The molecule has 1 heterocycles. The number of nitrogens with zero attached hydrogens (tertiary/aromatic N) is 3. The Kier molecular flexibility index (Phi) is 3.78. The predicted octanol–water partition coefficient (Wildman–Crippen LogP) is 3.64. The summed E-state index contributed by atoms with van der Waals surface area (Å²) in [5, 5.41) is 12.0. The maximum Gasteiger partial charge on any atom is 0.102 e. The van der Waals surface area contributed by atoms with Gasteiger partial charge in [0, 0.05) is 10.2 Å². The van der Waals surface area contributed by atoms with E-state index in [9.17, 15) is 0 Å². The van der Waals surface area contributed by atoms with Crippen LogP contribution in [0.5, 0.6) is 0 Å². The van der Waals surface area contributed by atoms with E-state index in [1.165, 1.54) is 0 Å². The Morgan fingerprint density at radius 1 is 1.05 bits per heavy atom. The molecule has 0 amide bonds. The molecule has 0 bridgehead atoms. The Labute approximate surface area is 125 Å². The van der Waals surface area contributed by atoms with Crippen molar-refractivity contribution in [1.29, 1.82) is 0 Å². The Morgan fingerprint density at radius 2 is 1.90 bits per heavy atom. The zero-order valence-corrected chi connectivity index (χ0v) is 12.3. The van der Waals surface area contributed by atoms with E-state index >= 15 is 0 Å². The normalized spacial score (nSPS) is 10.4. The second kappa shape index (κ2) is 5.88. The van der Waals surface area contributed by atoms with Gasteiger partial charge in [0.1, 0.15) is 5.69 Å². The first-order chi connectivity index (χ1) is 9.81. The minimum absolute atomic E-state index is 0.642. The van der Waals surface area contributed by atoms with Gasteiger partial charge in [0.05, 0.1) is 18.4 Å². The summed E-state index contributed by atoms with van der Waals surface area (Å²) in [7, 11) is 0. The molecule has 4 nitrogen and oxygen atoms in total. The van der Waals surface area contributed by atoms with E-state index in [2.05, 4.69) is 31.4 Å². The minimum Gasteiger partial charge on any atom is -0.379 e. The van der Waals surface area contributed by atoms with Gasteiger partial charge in [-0.25, -0.2) is 0 Å². The molecule has 0 unspecified atom stereocenters. The van der Waals surface area contributed by atoms with Crippen LogP contribution in [0.2, 0.25) is 0 Å². The van der Waals surface area contributed by atoms with Gasteiger partial charge >= 0.3 is 0 Å². The van der Waals surface area contributed by atoms with Gasteiger partial charge in [-0.2, -0.15) is 15.0 Å². The number of aromatic nitrogens is 3. The summed E-state index contributed by atoms with van der Waals surface area (Å²) in [5.41, 5.74) is 2.91.